The topological polar surface area (TPSA) is 93.7 Å². The predicted molar refractivity (Wildman–Crippen MR) is 115 cm³/mol. The molecule has 0 saturated carbocycles. The molecular formula is C23H28N2O5. The summed E-state index contributed by atoms with van der Waals surface area (Å²) in [5, 5.41) is 5.42. The number of amides is 2. The monoisotopic (exact) mass is 412 g/mol. The van der Waals surface area contributed by atoms with Crippen LogP contribution in [0.2, 0.25) is 0 Å². The van der Waals surface area contributed by atoms with Crippen LogP contribution in [0.4, 0.5) is 5.69 Å². The van der Waals surface area contributed by atoms with E-state index in [2.05, 4.69) is 10.6 Å². The molecule has 0 aliphatic carbocycles. The van der Waals surface area contributed by atoms with Crippen molar-refractivity contribution in [2.45, 2.75) is 27.7 Å². The number of hydrogen-bond donors (Lipinski definition) is 2. The Labute approximate surface area is 176 Å². The Hall–Kier alpha value is -3.35. The van der Waals surface area contributed by atoms with Gasteiger partial charge in [-0.15, -0.1) is 0 Å². The zero-order chi connectivity index (χ0) is 22.1. The van der Waals surface area contributed by atoms with Crippen molar-refractivity contribution in [3.05, 3.63) is 59.2 Å². The molecule has 7 heteroatoms. The number of esters is 1. The van der Waals surface area contributed by atoms with E-state index in [0.29, 0.717) is 29.5 Å². The third-order valence-electron chi connectivity index (χ3n) is 4.22. The fourth-order valence-electron chi connectivity index (χ4n) is 2.71. The van der Waals surface area contributed by atoms with Gasteiger partial charge in [-0.1, -0.05) is 44.2 Å². The SMILES string of the molecule is Cc1cccc(C)c1OCC(=O)OCC(=O)Nc1ccccc1C(=O)NCC(C)C. The molecule has 0 atom stereocenters. The summed E-state index contributed by atoms with van der Waals surface area (Å²) in [5.74, 6) is -0.546. The highest BCUT2D eigenvalue weighted by Crippen LogP contribution is 2.22. The first-order valence-corrected chi connectivity index (χ1v) is 9.79. The Kier molecular flexibility index (Phi) is 8.41. The second-order valence-corrected chi connectivity index (χ2v) is 7.37. The number of carbonyl (C=O) groups is 3. The molecule has 0 radical (unpaired) electrons. The number of carbonyl (C=O) groups excluding carboxylic acids is 3. The van der Waals surface area contributed by atoms with Gasteiger partial charge in [-0.25, -0.2) is 4.79 Å². The van der Waals surface area contributed by atoms with Crippen LogP contribution in [-0.4, -0.2) is 37.5 Å². The molecule has 2 rings (SSSR count). The average molecular weight is 412 g/mol. The quantitative estimate of drug-likeness (QED) is 0.617. The summed E-state index contributed by atoms with van der Waals surface area (Å²) in [4.78, 5) is 36.4. The summed E-state index contributed by atoms with van der Waals surface area (Å²) >= 11 is 0. The maximum Gasteiger partial charge on any atom is 0.344 e. The standard InChI is InChI=1S/C23H28N2O5/c1-15(2)12-24-23(28)18-10-5-6-11-19(18)25-20(26)13-29-21(27)14-30-22-16(3)8-7-9-17(22)4/h5-11,15H,12-14H2,1-4H3,(H,24,28)(H,25,26). The maximum atomic E-state index is 12.3. The van der Waals surface area contributed by atoms with Gasteiger partial charge in [-0.3, -0.25) is 9.59 Å². The van der Waals surface area contributed by atoms with Crippen LogP contribution in [0.15, 0.2) is 42.5 Å². The molecule has 0 unspecified atom stereocenters. The number of hydrogen-bond acceptors (Lipinski definition) is 5. The number of anilines is 1. The maximum absolute atomic E-state index is 12.3. The van der Waals surface area contributed by atoms with Gasteiger partial charge >= 0.3 is 5.97 Å². The molecule has 30 heavy (non-hydrogen) atoms. The van der Waals surface area contributed by atoms with Crippen molar-refractivity contribution in [1.82, 2.24) is 5.32 Å². The zero-order valence-corrected chi connectivity index (χ0v) is 17.8. The predicted octanol–water partition coefficient (Wildman–Crippen LogP) is 3.25. The highest BCUT2D eigenvalue weighted by molar-refractivity contribution is 6.04. The van der Waals surface area contributed by atoms with Crippen molar-refractivity contribution in [1.29, 1.82) is 0 Å². The van der Waals surface area contributed by atoms with Crippen LogP contribution in [0.1, 0.15) is 35.3 Å². The Balaban J connectivity index is 1.86. The zero-order valence-electron chi connectivity index (χ0n) is 17.8. The number of aryl methyl sites for hydroxylation is 2. The number of benzene rings is 2. The molecule has 0 saturated heterocycles. The van der Waals surface area contributed by atoms with Crippen LogP contribution in [0.3, 0.4) is 0 Å². The van der Waals surface area contributed by atoms with E-state index < -0.39 is 18.5 Å². The van der Waals surface area contributed by atoms with Crippen molar-refractivity contribution in [2.24, 2.45) is 5.92 Å². The van der Waals surface area contributed by atoms with Gasteiger partial charge in [0.25, 0.3) is 11.8 Å². The Morgan fingerprint density at radius 3 is 2.27 bits per heavy atom. The van der Waals surface area contributed by atoms with Crippen LogP contribution in [0, 0.1) is 19.8 Å². The van der Waals surface area contributed by atoms with E-state index >= 15 is 0 Å². The van der Waals surface area contributed by atoms with Crippen molar-refractivity contribution < 1.29 is 23.9 Å². The number of ether oxygens (including phenoxy) is 2. The summed E-state index contributed by atoms with van der Waals surface area (Å²) in [6.07, 6.45) is 0. The third-order valence-corrected chi connectivity index (χ3v) is 4.22. The average Bonchev–Trinajstić information content (AvgIpc) is 2.70. The van der Waals surface area contributed by atoms with Gasteiger partial charge in [0.15, 0.2) is 13.2 Å². The van der Waals surface area contributed by atoms with E-state index in [1.54, 1.807) is 24.3 Å². The number of nitrogens with one attached hydrogen (secondary N) is 2. The number of rotatable bonds is 9. The summed E-state index contributed by atoms with van der Waals surface area (Å²) in [6, 6.07) is 12.3. The molecule has 2 N–H and O–H groups in total. The van der Waals surface area contributed by atoms with E-state index in [4.69, 9.17) is 9.47 Å². The highest BCUT2D eigenvalue weighted by atomic mass is 16.6. The molecule has 0 heterocycles. The van der Waals surface area contributed by atoms with E-state index in [-0.39, 0.29) is 12.5 Å². The summed E-state index contributed by atoms with van der Waals surface area (Å²) in [5.41, 5.74) is 2.52. The van der Waals surface area contributed by atoms with Crippen molar-refractivity contribution in [3.63, 3.8) is 0 Å². The van der Waals surface area contributed by atoms with Crippen LogP contribution in [-0.2, 0) is 14.3 Å². The lowest BCUT2D eigenvalue weighted by molar-refractivity contribution is -0.149. The molecule has 7 nitrogen and oxygen atoms in total. The van der Waals surface area contributed by atoms with Gasteiger partial charge in [0.2, 0.25) is 0 Å². The molecule has 0 fully saturated rings. The summed E-state index contributed by atoms with van der Waals surface area (Å²) in [7, 11) is 0. The van der Waals surface area contributed by atoms with E-state index in [1.807, 2.05) is 45.9 Å². The molecule has 0 aromatic heterocycles. The molecule has 160 valence electrons. The molecule has 2 amide bonds. The van der Waals surface area contributed by atoms with Gasteiger partial charge in [0.05, 0.1) is 11.3 Å². The normalized spacial score (nSPS) is 10.4. The molecule has 0 bridgehead atoms. The Morgan fingerprint density at radius 1 is 0.933 bits per heavy atom. The van der Waals surface area contributed by atoms with Crippen LogP contribution >= 0.6 is 0 Å². The lowest BCUT2D eigenvalue weighted by Crippen LogP contribution is -2.29. The van der Waals surface area contributed by atoms with Crippen LogP contribution in [0.5, 0.6) is 5.75 Å². The second kappa shape index (κ2) is 11.0. The minimum absolute atomic E-state index is 0.279. The van der Waals surface area contributed by atoms with E-state index in [0.717, 1.165) is 11.1 Å². The minimum atomic E-state index is -0.657. The first-order valence-electron chi connectivity index (χ1n) is 9.79. The van der Waals surface area contributed by atoms with Gasteiger partial charge in [-0.05, 0) is 43.0 Å². The number of para-hydroxylation sites is 2. The van der Waals surface area contributed by atoms with E-state index in [9.17, 15) is 14.4 Å². The second-order valence-electron chi connectivity index (χ2n) is 7.37. The van der Waals surface area contributed by atoms with Crippen molar-refractivity contribution in [2.75, 3.05) is 25.1 Å². The van der Waals surface area contributed by atoms with E-state index in [1.165, 1.54) is 0 Å². The molecular weight excluding hydrogens is 384 g/mol. The first kappa shape index (κ1) is 22.9. The Morgan fingerprint density at radius 2 is 1.60 bits per heavy atom. The third kappa shape index (κ3) is 6.92. The van der Waals surface area contributed by atoms with Gasteiger partial charge in [0.1, 0.15) is 5.75 Å². The van der Waals surface area contributed by atoms with Crippen LogP contribution < -0.4 is 15.4 Å². The van der Waals surface area contributed by atoms with Gasteiger partial charge in [-0.2, -0.15) is 0 Å². The molecule has 0 aliphatic heterocycles. The fourth-order valence-corrected chi connectivity index (χ4v) is 2.71. The van der Waals surface area contributed by atoms with Crippen molar-refractivity contribution >= 4 is 23.5 Å². The summed E-state index contributed by atoms with van der Waals surface area (Å²) < 4.78 is 10.5. The first-order chi connectivity index (χ1) is 14.3. The lowest BCUT2D eigenvalue weighted by atomic mass is 10.1. The molecule has 2 aromatic rings. The Bertz CT molecular complexity index is 888. The van der Waals surface area contributed by atoms with Crippen molar-refractivity contribution in [3.8, 4) is 5.75 Å². The minimum Gasteiger partial charge on any atom is -0.481 e. The lowest BCUT2D eigenvalue weighted by Gasteiger charge is -2.13. The van der Waals surface area contributed by atoms with Crippen LogP contribution in [0.25, 0.3) is 0 Å². The molecule has 2 aromatic carbocycles. The fraction of sp³-hybridized carbons (Fsp3) is 0.348. The van der Waals surface area contributed by atoms with Gasteiger partial charge < -0.3 is 20.1 Å². The summed E-state index contributed by atoms with van der Waals surface area (Å²) in [6.45, 7) is 7.51. The smallest absolute Gasteiger partial charge is 0.344 e. The molecule has 0 aliphatic rings. The molecule has 0 spiro atoms. The van der Waals surface area contributed by atoms with Gasteiger partial charge in [0, 0.05) is 6.54 Å². The largest absolute Gasteiger partial charge is 0.481 e. The highest BCUT2D eigenvalue weighted by Gasteiger charge is 2.15.